The molecule has 12 heavy (non-hydrogen) atoms. The fraction of sp³-hybridized carbons (Fsp3) is 0.364. The summed E-state index contributed by atoms with van der Waals surface area (Å²) in [5.74, 6) is 0.699. The van der Waals surface area contributed by atoms with Crippen LogP contribution in [-0.4, -0.2) is 4.98 Å². The molecule has 0 atom stereocenters. The molecule has 0 amide bonds. The number of nitrogens with zero attached hydrogens (tertiary/aromatic N) is 1. The van der Waals surface area contributed by atoms with Crippen molar-refractivity contribution in [2.75, 3.05) is 0 Å². The zero-order chi connectivity index (χ0) is 8.97. The Morgan fingerprint density at radius 2 is 2.33 bits per heavy atom. The Morgan fingerprint density at radius 1 is 1.58 bits per heavy atom. The van der Waals surface area contributed by atoms with E-state index in [0.717, 1.165) is 12.1 Å². The van der Waals surface area contributed by atoms with Crippen LogP contribution < -0.4 is 0 Å². The molecule has 0 N–H and O–H groups in total. The van der Waals surface area contributed by atoms with Gasteiger partial charge in [0.15, 0.2) is 0 Å². The van der Waals surface area contributed by atoms with Crippen LogP contribution in [0.4, 0.5) is 0 Å². The minimum atomic E-state index is 0.699. The zero-order valence-electron chi connectivity index (χ0n) is 7.75. The van der Waals surface area contributed by atoms with Crippen molar-refractivity contribution >= 4 is 6.08 Å². The summed E-state index contributed by atoms with van der Waals surface area (Å²) in [6.07, 6.45) is 4.74. The second-order valence-corrected chi connectivity index (χ2v) is 3.39. The predicted molar refractivity (Wildman–Crippen MR) is 52.9 cm³/mol. The van der Waals surface area contributed by atoms with E-state index in [1.165, 1.54) is 5.56 Å². The summed E-state index contributed by atoms with van der Waals surface area (Å²) in [5, 5.41) is 0. The molecule has 0 radical (unpaired) electrons. The van der Waals surface area contributed by atoms with Gasteiger partial charge in [-0.1, -0.05) is 20.4 Å². The van der Waals surface area contributed by atoms with E-state index < -0.39 is 0 Å². The van der Waals surface area contributed by atoms with E-state index in [1.54, 1.807) is 6.08 Å². The Balaban J connectivity index is 2.79. The van der Waals surface area contributed by atoms with Crippen molar-refractivity contribution in [3.8, 4) is 0 Å². The Labute approximate surface area is 74.2 Å². The largest absolute Gasteiger partial charge is 0.257 e. The molecule has 1 aromatic rings. The SMILES string of the molecule is C=Cc1cc(CC(C)C)ccn1. The number of hydrogen-bond acceptors (Lipinski definition) is 1. The maximum absolute atomic E-state index is 4.15. The van der Waals surface area contributed by atoms with Gasteiger partial charge in [0.2, 0.25) is 0 Å². The van der Waals surface area contributed by atoms with Crippen LogP contribution in [0.1, 0.15) is 25.1 Å². The van der Waals surface area contributed by atoms with Crippen molar-refractivity contribution in [2.45, 2.75) is 20.3 Å². The highest BCUT2D eigenvalue weighted by atomic mass is 14.6. The van der Waals surface area contributed by atoms with E-state index in [9.17, 15) is 0 Å². The lowest BCUT2D eigenvalue weighted by Gasteiger charge is -2.04. The predicted octanol–water partition coefficient (Wildman–Crippen LogP) is 2.92. The van der Waals surface area contributed by atoms with Gasteiger partial charge < -0.3 is 0 Å². The van der Waals surface area contributed by atoms with Crippen LogP contribution in [0.15, 0.2) is 24.9 Å². The molecule has 64 valence electrons. The van der Waals surface area contributed by atoms with Crippen LogP contribution in [0.25, 0.3) is 6.08 Å². The van der Waals surface area contributed by atoms with E-state index in [1.807, 2.05) is 6.20 Å². The Kier molecular flexibility index (Phi) is 3.03. The van der Waals surface area contributed by atoms with Gasteiger partial charge in [0.25, 0.3) is 0 Å². The smallest absolute Gasteiger partial charge is 0.0626 e. The maximum Gasteiger partial charge on any atom is 0.0626 e. The molecule has 0 aliphatic rings. The third kappa shape index (κ3) is 2.50. The Hall–Kier alpha value is -1.11. The molecule has 0 aromatic carbocycles. The van der Waals surface area contributed by atoms with E-state index in [0.29, 0.717) is 5.92 Å². The molecule has 1 heterocycles. The Bertz CT molecular complexity index is 263. The molecular formula is C11H15N. The van der Waals surface area contributed by atoms with Gasteiger partial charge in [-0.2, -0.15) is 0 Å². The first-order valence-corrected chi connectivity index (χ1v) is 4.29. The molecular weight excluding hydrogens is 146 g/mol. The molecule has 0 aliphatic carbocycles. The van der Waals surface area contributed by atoms with E-state index in [-0.39, 0.29) is 0 Å². The van der Waals surface area contributed by atoms with Crippen LogP contribution in [0.2, 0.25) is 0 Å². The highest BCUT2D eigenvalue weighted by Crippen LogP contribution is 2.08. The monoisotopic (exact) mass is 161 g/mol. The third-order valence-electron chi connectivity index (χ3n) is 1.70. The molecule has 1 nitrogen and oxygen atoms in total. The van der Waals surface area contributed by atoms with E-state index >= 15 is 0 Å². The average Bonchev–Trinajstić information content (AvgIpc) is 2.03. The average molecular weight is 161 g/mol. The molecule has 0 spiro atoms. The number of pyridine rings is 1. The van der Waals surface area contributed by atoms with Crippen LogP contribution in [0.3, 0.4) is 0 Å². The molecule has 0 aliphatic heterocycles. The zero-order valence-corrected chi connectivity index (χ0v) is 7.75. The van der Waals surface area contributed by atoms with Gasteiger partial charge in [-0.15, -0.1) is 0 Å². The normalized spacial score (nSPS) is 10.2. The van der Waals surface area contributed by atoms with Crippen LogP contribution >= 0.6 is 0 Å². The van der Waals surface area contributed by atoms with Crippen LogP contribution in [0.5, 0.6) is 0 Å². The topological polar surface area (TPSA) is 12.9 Å². The van der Waals surface area contributed by atoms with Crippen molar-refractivity contribution < 1.29 is 0 Å². The molecule has 0 fully saturated rings. The second-order valence-electron chi connectivity index (χ2n) is 3.39. The molecule has 0 saturated carbocycles. The van der Waals surface area contributed by atoms with Crippen LogP contribution in [-0.2, 0) is 6.42 Å². The van der Waals surface area contributed by atoms with E-state index in [2.05, 4.69) is 37.5 Å². The second kappa shape index (κ2) is 4.05. The fourth-order valence-electron chi connectivity index (χ4n) is 1.20. The molecule has 1 rings (SSSR count). The number of rotatable bonds is 3. The molecule has 0 unspecified atom stereocenters. The first kappa shape index (κ1) is 8.98. The van der Waals surface area contributed by atoms with Gasteiger partial charge in [-0.3, -0.25) is 4.98 Å². The van der Waals surface area contributed by atoms with Crippen molar-refractivity contribution in [1.82, 2.24) is 4.98 Å². The number of hydrogen-bond donors (Lipinski definition) is 0. The van der Waals surface area contributed by atoms with E-state index in [4.69, 9.17) is 0 Å². The lowest BCUT2D eigenvalue weighted by molar-refractivity contribution is 0.646. The van der Waals surface area contributed by atoms with Crippen molar-refractivity contribution in [2.24, 2.45) is 5.92 Å². The molecule has 1 aromatic heterocycles. The molecule has 0 saturated heterocycles. The minimum Gasteiger partial charge on any atom is -0.257 e. The van der Waals surface area contributed by atoms with Gasteiger partial charge in [0, 0.05) is 6.20 Å². The summed E-state index contributed by atoms with van der Waals surface area (Å²) in [4.78, 5) is 4.15. The summed E-state index contributed by atoms with van der Waals surface area (Å²) >= 11 is 0. The minimum absolute atomic E-state index is 0.699. The summed E-state index contributed by atoms with van der Waals surface area (Å²) < 4.78 is 0. The quantitative estimate of drug-likeness (QED) is 0.664. The first-order chi connectivity index (χ1) is 5.72. The fourth-order valence-corrected chi connectivity index (χ4v) is 1.20. The standard InChI is InChI=1S/C11H15N/c1-4-11-8-10(5-6-12-11)7-9(2)3/h4-6,8-9H,1,7H2,2-3H3. The third-order valence-corrected chi connectivity index (χ3v) is 1.70. The van der Waals surface area contributed by atoms with Gasteiger partial charge in [0.1, 0.15) is 0 Å². The Morgan fingerprint density at radius 3 is 2.92 bits per heavy atom. The summed E-state index contributed by atoms with van der Waals surface area (Å²) in [6, 6.07) is 4.15. The van der Waals surface area contributed by atoms with Crippen molar-refractivity contribution in [1.29, 1.82) is 0 Å². The maximum atomic E-state index is 4.15. The summed E-state index contributed by atoms with van der Waals surface area (Å²) in [7, 11) is 0. The highest BCUT2D eigenvalue weighted by molar-refractivity contribution is 5.42. The van der Waals surface area contributed by atoms with Crippen molar-refractivity contribution in [3.05, 3.63) is 36.2 Å². The van der Waals surface area contributed by atoms with Crippen molar-refractivity contribution in [3.63, 3.8) is 0 Å². The lowest BCUT2D eigenvalue weighted by atomic mass is 10.0. The van der Waals surface area contributed by atoms with Gasteiger partial charge in [-0.25, -0.2) is 0 Å². The van der Waals surface area contributed by atoms with Gasteiger partial charge in [0.05, 0.1) is 5.69 Å². The molecule has 0 bridgehead atoms. The summed E-state index contributed by atoms with van der Waals surface area (Å²) in [6.45, 7) is 8.12. The summed E-state index contributed by atoms with van der Waals surface area (Å²) in [5.41, 5.74) is 2.31. The van der Waals surface area contributed by atoms with Gasteiger partial charge in [-0.05, 0) is 36.1 Å². The first-order valence-electron chi connectivity index (χ1n) is 4.29. The van der Waals surface area contributed by atoms with Gasteiger partial charge >= 0.3 is 0 Å². The number of aromatic nitrogens is 1. The van der Waals surface area contributed by atoms with Crippen LogP contribution in [0, 0.1) is 5.92 Å². The lowest BCUT2D eigenvalue weighted by Crippen LogP contribution is -1.94. The highest BCUT2D eigenvalue weighted by Gasteiger charge is 1.97. The molecule has 1 heteroatoms.